The molecule has 3 aromatic rings. The van der Waals surface area contributed by atoms with Gasteiger partial charge in [0.1, 0.15) is 0 Å². The number of esters is 1. The summed E-state index contributed by atoms with van der Waals surface area (Å²) in [5, 5.41) is 3.54. The van der Waals surface area contributed by atoms with Crippen molar-refractivity contribution in [3.63, 3.8) is 0 Å². The highest BCUT2D eigenvalue weighted by Gasteiger charge is 2.13. The average Bonchev–Trinajstić information content (AvgIpc) is 2.61. The van der Waals surface area contributed by atoms with Gasteiger partial charge in [-0.15, -0.1) is 0 Å². The smallest absolute Gasteiger partial charge is 0.337 e. The van der Waals surface area contributed by atoms with E-state index in [2.05, 4.69) is 15.3 Å². The number of ether oxygens (including phenoxy) is 1. The van der Waals surface area contributed by atoms with Crippen molar-refractivity contribution in [2.75, 3.05) is 12.4 Å². The molecule has 0 spiro atoms. The Bertz CT molecular complexity index is 923. The number of fused-ring (bicyclic) bond motifs is 1. The fourth-order valence-electron chi connectivity index (χ4n) is 2.40. The molecule has 1 aromatic carbocycles. The summed E-state index contributed by atoms with van der Waals surface area (Å²) in [6.07, 6.45) is 3.11. The second-order valence-electron chi connectivity index (χ2n) is 5.22. The molecule has 0 bridgehead atoms. The third kappa shape index (κ3) is 3.08. The summed E-state index contributed by atoms with van der Waals surface area (Å²) in [5.41, 5.74) is 2.93. The van der Waals surface area contributed by atoms with Crippen LogP contribution in [0.2, 0.25) is 0 Å². The van der Waals surface area contributed by atoms with Crippen molar-refractivity contribution in [3.05, 3.63) is 65.6 Å². The van der Waals surface area contributed by atoms with E-state index in [1.807, 2.05) is 6.92 Å². The summed E-state index contributed by atoms with van der Waals surface area (Å²) < 4.78 is 4.75. The molecule has 2 heterocycles. The zero-order chi connectivity index (χ0) is 17.1. The molecule has 2 aromatic heterocycles. The second kappa shape index (κ2) is 6.45. The van der Waals surface area contributed by atoms with Crippen LogP contribution in [0.1, 0.15) is 26.4 Å². The fourth-order valence-corrected chi connectivity index (χ4v) is 2.40. The van der Waals surface area contributed by atoms with Crippen LogP contribution in [0.25, 0.3) is 10.9 Å². The van der Waals surface area contributed by atoms with Gasteiger partial charge in [0.25, 0.3) is 5.91 Å². The lowest BCUT2D eigenvalue weighted by molar-refractivity contribution is 0.0601. The average molecular weight is 321 g/mol. The molecule has 120 valence electrons. The monoisotopic (exact) mass is 321 g/mol. The molecule has 0 atom stereocenters. The third-order valence-corrected chi connectivity index (χ3v) is 3.55. The van der Waals surface area contributed by atoms with Crippen LogP contribution in [0, 0.1) is 6.92 Å². The van der Waals surface area contributed by atoms with E-state index in [0.29, 0.717) is 27.7 Å². The molecule has 0 aliphatic carbocycles. The molecule has 6 nitrogen and oxygen atoms in total. The van der Waals surface area contributed by atoms with Gasteiger partial charge in [-0.05, 0) is 43.3 Å². The SMILES string of the molecule is COC(=O)c1ccc2nc(C)cc(NC(=O)c3ccncc3)c2c1. The van der Waals surface area contributed by atoms with Crippen LogP contribution in [0.15, 0.2) is 48.8 Å². The van der Waals surface area contributed by atoms with Crippen LogP contribution in [-0.2, 0) is 4.74 Å². The number of nitrogens with one attached hydrogen (secondary N) is 1. The Kier molecular flexibility index (Phi) is 4.20. The molecule has 0 saturated carbocycles. The molecule has 1 amide bonds. The Morgan fingerprint density at radius 1 is 1.04 bits per heavy atom. The molecule has 0 aliphatic heterocycles. The van der Waals surface area contributed by atoms with Crippen LogP contribution in [-0.4, -0.2) is 29.0 Å². The third-order valence-electron chi connectivity index (χ3n) is 3.55. The maximum absolute atomic E-state index is 12.4. The molecular weight excluding hydrogens is 306 g/mol. The first-order valence-corrected chi connectivity index (χ1v) is 7.29. The normalized spacial score (nSPS) is 10.4. The van der Waals surface area contributed by atoms with Crippen LogP contribution in [0.5, 0.6) is 0 Å². The molecule has 0 unspecified atom stereocenters. The number of amides is 1. The first-order chi connectivity index (χ1) is 11.6. The molecule has 0 fully saturated rings. The predicted octanol–water partition coefficient (Wildman–Crippen LogP) is 2.98. The van der Waals surface area contributed by atoms with E-state index >= 15 is 0 Å². The van der Waals surface area contributed by atoms with Crippen LogP contribution >= 0.6 is 0 Å². The molecule has 0 aliphatic rings. The molecule has 0 saturated heterocycles. The van der Waals surface area contributed by atoms with Gasteiger partial charge >= 0.3 is 5.97 Å². The maximum atomic E-state index is 12.4. The van der Waals surface area contributed by atoms with E-state index in [0.717, 1.165) is 5.69 Å². The minimum atomic E-state index is -0.441. The Labute approximate surface area is 138 Å². The zero-order valence-corrected chi connectivity index (χ0v) is 13.2. The minimum Gasteiger partial charge on any atom is -0.465 e. The highest BCUT2D eigenvalue weighted by molar-refractivity contribution is 6.09. The molecular formula is C18H15N3O3. The van der Waals surface area contributed by atoms with Gasteiger partial charge in [-0.1, -0.05) is 0 Å². The Hall–Kier alpha value is -3.28. The number of rotatable bonds is 3. The Morgan fingerprint density at radius 2 is 1.79 bits per heavy atom. The molecule has 3 rings (SSSR count). The van der Waals surface area contributed by atoms with E-state index in [4.69, 9.17) is 4.74 Å². The van der Waals surface area contributed by atoms with Crippen molar-refractivity contribution in [3.8, 4) is 0 Å². The fraction of sp³-hybridized carbons (Fsp3) is 0.111. The number of benzene rings is 1. The number of nitrogens with zero attached hydrogens (tertiary/aromatic N) is 2. The number of anilines is 1. The van der Waals surface area contributed by atoms with Crippen molar-refractivity contribution in [2.24, 2.45) is 0 Å². The van der Waals surface area contributed by atoms with E-state index < -0.39 is 5.97 Å². The first-order valence-electron chi connectivity index (χ1n) is 7.29. The number of hydrogen-bond donors (Lipinski definition) is 1. The van der Waals surface area contributed by atoms with Gasteiger partial charge in [0, 0.05) is 29.0 Å². The number of hydrogen-bond acceptors (Lipinski definition) is 5. The molecule has 24 heavy (non-hydrogen) atoms. The number of aryl methyl sites for hydroxylation is 1. The largest absolute Gasteiger partial charge is 0.465 e. The van der Waals surface area contributed by atoms with Gasteiger partial charge < -0.3 is 10.1 Å². The first kappa shape index (κ1) is 15.6. The van der Waals surface area contributed by atoms with Gasteiger partial charge in [-0.2, -0.15) is 0 Å². The number of pyridine rings is 2. The molecule has 0 radical (unpaired) electrons. The standard InChI is InChI=1S/C18H15N3O3/c1-11-9-16(21-17(22)12-5-7-19-8-6-12)14-10-13(18(23)24-2)3-4-15(14)20-11/h3-10H,1-2H3,(H,20,21,22). The number of carbonyl (C=O) groups is 2. The Balaban J connectivity index is 2.05. The van der Waals surface area contributed by atoms with Gasteiger partial charge in [0.15, 0.2) is 0 Å². The summed E-state index contributed by atoms with van der Waals surface area (Å²) in [6, 6.07) is 10.1. The van der Waals surface area contributed by atoms with Gasteiger partial charge in [0.2, 0.25) is 0 Å². The zero-order valence-electron chi connectivity index (χ0n) is 13.2. The van der Waals surface area contributed by atoms with Gasteiger partial charge in [-0.25, -0.2) is 4.79 Å². The lowest BCUT2D eigenvalue weighted by atomic mass is 10.1. The lowest BCUT2D eigenvalue weighted by Crippen LogP contribution is -2.12. The van der Waals surface area contributed by atoms with Crippen molar-refractivity contribution in [1.82, 2.24) is 9.97 Å². The maximum Gasteiger partial charge on any atom is 0.337 e. The highest BCUT2D eigenvalue weighted by atomic mass is 16.5. The van der Waals surface area contributed by atoms with Gasteiger partial charge in [0.05, 0.1) is 23.9 Å². The molecule has 1 N–H and O–H groups in total. The highest BCUT2D eigenvalue weighted by Crippen LogP contribution is 2.25. The number of methoxy groups -OCH3 is 1. The summed E-state index contributed by atoms with van der Waals surface area (Å²) in [4.78, 5) is 32.5. The molecule has 6 heteroatoms. The minimum absolute atomic E-state index is 0.257. The van der Waals surface area contributed by atoms with Crippen molar-refractivity contribution in [1.29, 1.82) is 0 Å². The van der Waals surface area contributed by atoms with Crippen LogP contribution < -0.4 is 5.32 Å². The number of carbonyl (C=O) groups excluding carboxylic acids is 2. The Morgan fingerprint density at radius 3 is 2.50 bits per heavy atom. The van der Waals surface area contributed by atoms with E-state index in [1.54, 1.807) is 48.8 Å². The van der Waals surface area contributed by atoms with E-state index in [-0.39, 0.29) is 5.91 Å². The second-order valence-corrected chi connectivity index (χ2v) is 5.22. The van der Waals surface area contributed by atoms with Crippen molar-refractivity contribution < 1.29 is 14.3 Å². The summed E-state index contributed by atoms with van der Waals surface area (Å²) in [6.45, 7) is 1.84. The summed E-state index contributed by atoms with van der Waals surface area (Å²) >= 11 is 0. The van der Waals surface area contributed by atoms with E-state index in [1.165, 1.54) is 7.11 Å². The van der Waals surface area contributed by atoms with Crippen molar-refractivity contribution in [2.45, 2.75) is 6.92 Å². The topological polar surface area (TPSA) is 81.2 Å². The summed E-state index contributed by atoms with van der Waals surface area (Å²) in [7, 11) is 1.33. The van der Waals surface area contributed by atoms with Crippen molar-refractivity contribution >= 4 is 28.5 Å². The predicted molar refractivity (Wildman–Crippen MR) is 90.0 cm³/mol. The quantitative estimate of drug-likeness (QED) is 0.750. The van der Waals surface area contributed by atoms with Gasteiger partial charge in [-0.3, -0.25) is 14.8 Å². The number of aromatic nitrogens is 2. The van der Waals surface area contributed by atoms with Crippen LogP contribution in [0.3, 0.4) is 0 Å². The lowest BCUT2D eigenvalue weighted by Gasteiger charge is -2.11. The van der Waals surface area contributed by atoms with Crippen LogP contribution in [0.4, 0.5) is 5.69 Å². The summed E-state index contributed by atoms with van der Waals surface area (Å²) in [5.74, 6) is -0.698. The van der Waals surface area contributed by atoms with E-state index in [9.17, 15) is 9.59 Å².